The summed E-state index contributed by atoms with van der Waals surface area (Å²) in [7, 11) is 0. The number of hydrogen-bond acceptors (Lipinski definition) is 5. The van der Waals surface area contributed by atoms with Crippen molar-refractivity contribution in [2.45, 2.75) is 64.3 Å². The summed E-state index contributed by atoms with van der Waals surface area (Å²) in [5, 5.41) is 5.57. The number of nitrogens with one attached hydrogen (secondary N) is 2. The smallest absolute Gasteiger partial charge is 0.245 e. The minimum Gasteiger partial charge on any atom is -0.491 e. The number of aryl methyl sites for hydroxylation is 1. The van der Waals surface area contributed by atoms with Crippen LogP contribution >= 0.6 is 0 Å². The number of rotatable bonds is 4. The van der Waals surface area contributed by atoms with E-state index in [9.17, 15) is 19.2 Å². The summed E-state index contributed by atoms with van der Waals surface area (Å²) in [5.74, 6) is -0.500. The molecule has 2 aliphatic heterocycles. The second-order valence-electron chi connectivity index (χ2n) is 9.30. The van der Waals surface area contributed by atoms with Crippen LogP contribution in [-0.2, 0) is 25.6 Å². The predicted octanol–water partition coefficient (Wildman–Crippen LogP) is 1.29. The Kier molecular flexibility index (Phi) is 8.90. The van der Waals surface area contributed by atoms with Gasteiger partial charge in [0.1, 0.15) is 18.4 Å². The summed E-state index contributed by atoms with van der Waals surface area (Å²) in [4.78, 5) is 50.7. The third kappa shape index (κ3) is 6.71. The molecule has 1 atom stereocenters. The topological polar surface area (TPSA) is 131 Å². The largest absolute Gasteiger partial charge is 0.491 e. The number of amides is 4. The molecule has 1 aromatic rings. The third-order valence-electron chi connectivity index (χ3n) is 6.81. The fraction of sp³-hybridized carbons (Fsp3) is 0.600. The van der Waals surface area contributed by atoms with Crippen LogP contribution in [0.3, 0.4) is 0 Å². The van der Waals surface area contributed by atoms with Crippen LogP contribution in [0.5, 0.6) is 5.75 Å². The highest BCUT2D eigenvalue weighted by molar-refractivity contribution is 5.91. The molecule has 0 aromatic heterocycles. The van der Waals surface area contributed by atoms with Crippen LogP contribution in [0.15, 0.2) is 24.3 Å². The summed E-state index contributed by atoms with van der Waals surface area (Å²) >= 11 is 0. The first kappa shape index (κ1) is 25.5. The van der Waals surface area contributed by atoms with Crippen molar-refractivity contribution in [1.29, 1.82) is 0 Å². The Labute approximate surface area is 200 Å². The lowest BCUT2D eigenvalue weighted by atomic mass is 9.73. The van der Waals surface area contributed by atoms with Gasteiger partial charge in [-0.25, -0.2) is 0 Å². The van der Waals surface area contributed by atoms with E-state index in [1.165, 1.54) is 12.5 Å². The minimum absolute atomic E-state index is 0.00581. The van der Waals surface area contributed by atoms with Crippen LogP contribution < -0.4 is 21.1 Å². The van der Waals surface area contributed by atoms with Crippen molar-refractivity contribution in [3.8, 4) is 5.75 Å². The van der Waals surface area contributed by atoms with Gasteiger partial charge < -0.3 is 26.0 Å². The molecule has 4 N–H and O–H groups in total. The van der Waals surface area contributed by atoms with Gasteiger partial charge >= 0.3 is 0 Å². The molecule has 1 spiro atoms. The van der Waals surface area contributed by atoms with E-state index in [1.54, 1.807) is 4.90 Å². The maximum absolute atomic E-state index is 13.3. The van der Waals surface area contributed by atoms with E-state index in [4.69, 9.17) is 10.5 Å². The molecule has 4 amide bonds. The predicted molar refractivity (Wildman–Crippen MR) is 127 cm³/mol. The van der Waals surface area contributed by atoms with Crippen LogP contribution in [0.4, 0.5) is 0 Å². The molecular weight excluding hydrogens is 436 g/mol. The average molecular weight is 473 g/mol. The molecule has 0 aliphatic carbocycles. The van der Waals surface area contributed by atoms with Crippen molar-refractivity contribution in [2.24, 2.45) is 11.1 Å². The highest BCUT2D eigenvalue weighted by atomic mass is 16.5. The number of likely N-dealkylation sites (tertiary alicyclic amines) is 1. The second-order valence-corrected chi connectivity index (χ2v) is 9.30. The number of carbonyl (C=O) groups excluding carboxylic acids is 4. The molecule has 34 heavy (non-hydrogen) atoms. The maximum Gasteiger partial charge on any atom is 0.245 e. The van der Waals surface area contributed by atoms with Crippen LogP contribution in [0.1, 0.15) is 57.4 Å². The van der Waals surface area contributed by atoms with Crippen molar-refractivity contribution in [3.05, 3.63) is 29.8 Å². The zero-order chi connectivity index (χ0) is 24.6. The molecule has 0 radical (unpaired) electrons. The monoisotopic (exact) mass is 472 g/mol. The number of nitrogens with two attached hydrogens (primary N) is 1. The normalized spacial score (nSPS) is 19.8. The van der Waals surface area contributed by atoms with E-state index in [0.29, 0.717) is 39.1 Å². The molecule has 3 rings (SSSR count). The van der Waals surface area contributed by atoms with Gasteiger partial charge in [-0.2, -0.15) is 0 Å². The van der Waals surface area contributed by atoms with E-state index in [2.05, 4.69) is 16.7 Å². The summed E-state index contributed by atoms with van der Waals surface area (Å²) in [6, 6.07) is 7.06. The molecule has 2 heterocycles. The molecular formula is C25H36N4O5. The number of carbonyl (C=O) groups is 4. The SMILES string of the molecule is CC(=O)N[C@H](CC(N)=O)C(=O)N1CCC2(CCCCCc3ccccc3OCCNC2=O)CC1. The lowest BCUT2D eigenvalue weighted by Gasteiger charge is -2.41. The average Bonchev–Trinajstić information content (AvgIpc) is 2.81. The number of nitrogens with zero attached hydrogens (tertiary/aromatic N) is 1. The number of para-hydroxylation sites is 1. The molecule has 9 heteroatoms. The van der Waals surface area contributed by atoms with Gasteiger partial charge in [-0.05, 0) is 43.7 Å². The Balaban J connectivity index is 1.64. The zero-order valence-electron chi connectivity index (χ0n) is 19.9. The first-order chi connectivity index (χ1) is 16.3. The zero-order valence-corrected chi connectivity index (χ0v) is 19.9. The molecule has 1 fully saturated rings. The fourth-order valence-electron chi connectivity index (χ4n) is 4.93. The second kappa shape index (κ2) is 11.9. The van der Waals surface area contributed by atoms with Crippen LogP contribution in [-0.4, -0.2) is 60.8 Å². The summed E-state index contributed by atoms with van der Waals surface area (Å²) in [5.41, 5.74) is 5.92. The Morgan fingerprint density at radius 1 is 1.15 bits per heavy atom. The van der Waals surface area contributed by atoms with Gasteiger partial charge in [-0.1, -0.05) is 31.0 Å². The van der Waals surface area contributed by atoms with Gasteiger partial charge in [0.05, 0.1) is 18.4 Å². The molecule has 0 bridgehead atoms. The van der Waals surface area contributed by atoms with E-state index in [1.807, 2.05) is 18.2 Å². The Hall–Kier alpha value is -3.10. The van der Waals surface area contributed by atoms with Gasteiger partial charge in [0.2, 0.25) is 23.6 Å². The quantitative estimate of drug-likeness (QED) is 0.608. The number of primary amides is 1. The minimum atomic E-state index is -0.975. The van der Waals surface area contributed by atoms with Gasteiger partial charge in [0.15, 0.2) is 0 Å². The van der Waals surface area contributed by atoms with Crippen molar-refractivity contribution in [1.82, 2.24) is 15.5 Å². The highest BCUT2D eigenvalue weighted by Gasteiger charge is 2.42. The fourth-order valence-corrected chi connectivity index (χ4v) is 4.93. The first-order valence-corrected chi connectivity index (χ1v) is 12.1. The molecule has 186 valence electrons. The number of piperidine rings is 1. The van der Waals surface area contributed by atoms with Crippen LogP contribution in [0.2, 0.25) is 0 Å². The van der Waals surface area contributed by atoms with Gasteiger partial charge in [0, 0.05) is 20.0 Å². The Morgan fingerprint density at radius 3 is 2.59 bits per heavy atom. The Morgan fingerprint density at radius 2 is 1.88 bits per heavy atom. The van der Waals surface area contributed by atoms with Crippen molar-refractivity contribution in [3.63, 3.8) is 0 Å². The maximum atomic E-state index is 13.3. The highest BCUT2D eigenvalue weighted by Crippen LogP contribution is 2.38. The van der Waals surface area contributed by atoms with Gasteiger partial charge in [-0.3, -0.25) is 19.2 Å². The van der Waals surface area contributed by atoms with Crippen molar-refractivity contribution < 1.29 is 23.9 Å². The summed E-state index contributed by atoms with van der Waals surface area (Å²) in [6.45, 7) is 2.90. The summed E-state index contributed by atoms with van der Waals surface area (Å²) in [6.07, 6.45) is 5.49. The van der Waals surface area contributed by atoms with Crippen LogP contribution in [0, 0.1) is 5.41 Å². The standard InChI is InChI=1S/C25H36N4O5/c1-18(30)28-20(17-22(26)31)23(32)29-14-11-25(12-15-29)10-6-2-3-7-19-8-4-5-9-21(19)34-16-13-27-24(25)33/h4-5,8-9,20H,2-3,6-7,10-17H2,1H3,(H2,26,31)(H,27,33)(H,28,30)/t20-/m1/s1. The molecule has 2 aliphatic rings. The van der Waals surface area contributed by atoms with E-state index >= 15 is 0 Å². The van der Waals surface area contributed by atoms with Gasteiger partial charge in [0.25, 0.3) is 0 Å². The lowest BCUT2D eigenvalue weighted by molar-refractivity contribution is -0.143. The molecule has 1 aromatic carbocycles. The molecule has 1 saturated heterocycles. The number of ether oxygens (including phenoxy) is 1. The summed E-state index contributed by atoms with van der Waals surface area (Å²) < 4.78 is 5.92. The first-order valence-electron chi connectivity index (χ1n) is 12.1. The van der Waals surface area contributed by atoms with Gasteiger partial charge in [-0.15, -0.1) is 0 Å². The van der Waals surface area contributed by atoms with E-state index < -0.39 is 23.3 Å². The number of benzene rings is 1. The van der Waals surface area contributed by atoms with Crippen LogP contribution in [0.25, 0.3) is 0 Å². The lowest BCUT2D eigenvalue weighted by Crippen LogP contribution is -2.55. The molecule has 0 unspecified atom stereocenters. The van der Waals surface area contributed by atoms with Crippen molar-refractivity contribution in [2.75, 3.05) is 26.2 Å². The van der Waals surface area contributed by atoms with Crippen molar-refractivity contribution >= 4 is 23.6 Å². The van der Waals surface area contributed by atoms with E-state index in [0.717, 1.165) is 37.9 Å². The van der Waals surface area contributed by atoms with E-state index in [-0.39, 0.29) is 18.2 Å². The molecule has 9 nitrogen and oxygen atoms in total. The Bertz CT molecular complexity index is 879. The third-order valence-corrected chi connectivity index (χ3v) is 6.81. The number of fused-ring (bicyclic) bond motifs is 1. The number of hydrogen-bond donors (Lipinski definition) is 3. The molecule has 0 saturated carbocycles.